The Kier molecular flexibility index (Phi) is 7.08. The standard InChI is InChI=1S/C20H22N2O6/c1-13(23)15-10-17(22(2)11-15)20(26)28-12-18(24)21-16(19(25)27-3)9-14-7-5-4-6-8-14/h4-8,10-11,16H,9,12H2,1-3H3,(H,21,24)/t16-/m1/s1. The predicted octanol–water partition coefficient (Wildman–Crippen LogP) is 1.28. The molecular weight excluding hydrogens is 364 g/mol. The van der Waals surface area contributed by atoms with Gasteiger partial charge in [-0.25, -0.2) is 9.59 Å². The van der Waals surface area contributed by atoms with Crippen LogP contribution in [0.1, 0.15) is 33.3 Å². The molecule has 0 aliphatic carbocycles. The molecule has 0 aliphatic rings. The van der Waals surface area contributed by atoms with E-state index in [0.29, 0.717) is 5.56 Å². The Morgan fingerprint density at radius 2 is 1.82 bits per heavy atom. The minimum Gasteiger partial charge on any atom is -0.467 e. The molecule has 28 heavy (non-hydrogen) atoms. The Hall–Kier alpha value is -3.42. The van der Waals surface area contributed by atoms with Gasteiger partial charge in [0.05, 0.1) is 7.11 Å². The van der Waals surface area contributed by atoms with E-state index in [2.05, 4.69) is 5.32 Å². The lowest BCUT2D eigenvalue weighted by atomic mass is 10.1. The summed E-state index contributed by atoms with van der Waals surface area (Å²) in [5.41, 5.74) is 1.36. The summed E-state index contributed by atoms with van der Waals surface area (Å²) in [6.07, 6.45) is 1.75. The topological polar surface area (TPSA) is 104 Å². The molecule has 1 aromatic heterocycles. The molecule has 0 fully saturated rings. The van der Waals surface area contributed by atoms with Crippen molar-refractivity contribution in [3.63, 3.8) is 0 Å². The molecular formula is C20H22N2O6. The van der Waals surface area contributed by atoms with Gasteiger partial charge in [-0.1, -0.05) is 30.3 Å². The van der Waals surface area contributed by atoms with E-state index in [1.165, 1.54) is 30.9 Å². The van der Waals surface area contributed by atoms with Crippen molar-refractivity contribution < 1.29 is 28.7 Å². The number of hydrogen-bond donors (Lipinski definition) is 1. The van der Waals surface area contributed by atoms with Gasteiger partial charge in [0.25, 0.3) is 5.91 Å². The smallest absolute Gasteiger partial charge is 0.355 e. The van der Waals surface area contributed by atoms with Crippen molar-refractivity contribution >= 4 is 23.6 Å². The highest BCUT2D eigenvalue weighted by atomic mass is 16.5. The number of nitrogens with zero attached hydrogens (tertiary/aromatic N) is 1. The second-order valence-electron chi connectivity index (χ2n) is 6.19. The molecule has 1 N–H and O–H groups in total. The number of carbonyl (C=O) groups excluding carboxylic acids is 4. The maximum atomic E-state index is 12.1. The molecule has 0 saturated carbocycles. The number of benzene rings is 1. The van der Waals surface area contributed by atoms with E-state index in [-0.39, 0.29) is 17.9 Å². The number of aromatic nitrogens is 1. The van der Waals surface area contributed by atoms with Crippen molar-refractivity contribution in [2.75, 3.05) is 13.7 Å². The summed E-state index contributed by atoms with van der Waals surface area (Å²) >= 11 is 0. The van der Waals surface area contributed by atoms with E-state index in [0.717, 1.165) is 5.56 Å². The molecule has 148 valence electrons. The third-order valence-corrected chi connectivity index (χ3v) is 4.06. The molecule has 0 spiro atoms. The zero-order valence-electron chi connectivity index (χ0n) is 15.9. The molecule has 0 aliphatic heterocycles. The summed E-state index contributed by atoms with van der Waals surface area (Å²) in [7, 11) is 2.82. The van der Waals surface area contributed by atoms with Crippen LogP contribution >= 0.6 is 0 Å². The number of ether oxygens (including phenoxy) is 2. The fraction of sp³-hybridized carbons (Fsp3) is 0.300. The van der Waals surface area contributed by atoms with E-state index in [1.54, 1.807) is 7.05 Å². The summed E-state index contributed by atoms with van der Waals surface area (Å²) in [6.45, 7) is 0.819. The average Bonchev–Trinajstić information content (AvgIpc) is 3.08. The molecule has 0 radical (unpaired) electrons. The number of ketones is 1. The van der Waals surface area contributed by atoms with E-state index >= 15 is 0 Å². The zero-order valence-corrected chi connectivity index (χ0v) is 15.9. The molecule has 8 heteroatoms. The highest BCUT2D eigenvalue weighted by Gasteiger charge is 2.23. The van der Waals surface area contributed by atoms with Gasteiger partial charge in [-0.05, 0) is 18.6 Å². The monoisotopic (exact) mass is 386 g/mol. The molecule has 0 saturated heterocycles. The molecule has 1 amide bonds. The van der Waals surface area contributed by atoms with Crippen LogP contribution in [0.5, 0.6) is 0 Å². The number of Topliss-reactive ketones (excluding diaryl/α,β-unsaturated/α-hetero) is 1. The minimum atomic E-state index is -0.905. The second kappa shape index (κ2) is 9.50. The van der Waals surface area contributed by atoms with Crippen LogP contribution in [0.3, 0.4) is 0 Å². The number of aryl methyl sites for hydroxylation is 1. The Morgan fingerprint density at radius 3 is 2.39 bits per heavy atom. The van der Waals surface area contributed by atoms with Gasteiger partial charge in [0.2, 0.25) is 0 Å². The van der Waals surface area contributed by atoms with Gasteiger partial charge in [-0.2, -0.15) is 0 Å². The van der Waals surface area contributed by atoms with E-state index < -0.39 is 30.5 Å². The third kappa shape index (κ3) is 5.54. The number of rotatable bonds is 8. The van der Waals surface area contributed by atoms with Crippen molar-refractivity contribution in [1.82, 2.24) is 9.88 Å². The lowest BCUT2D eigenvalue weighted by Gasteiger charge is -2.16. The largest absolute Gasteiger partial charge is 0.467 e. The zero-order chi connectivity index (χ0) is 20.7. The van der Waals surface area contributed by atoms with Gasteiger partial charge in [-0.15, -0.1) is 0 Å². The van der Waals surface area contributed by atoms with Gasteiger partial charge in [0, 0.05) is 25.2 Å². The van der Waals surface area contributed by atoms with Crippen LogP contribution in [-0.2, 0) is 32.5 Å². The number of carbonyl (C=O) groups is 4. The SMILES string of the molecule is COC(=O)[C@@H](Cc1ccccc1)NC(=O)COC(=O)c1cc(C(C)=O)cn1C. The van der Waals surface area contributed by atoms with Gasteiger partial charge in [0.1, 0.15) is 11.7 Å². The van der Waals surface area contributed by atoms with E-state index in [4.69, 9.17) is 9.47 Å². The van der Waals surface area contributed by atoms with Crippen LogP contribution in [0.15, 0.2) is 42.6 Å². The van der Waals surface area contributed by atoms with Crippen LogP contribution in [0.4, 0.5) is 0 Å². The highest BCUT2D eigenvalue weighted by Crippen LogP contribution is 2.10. The van der Waals surface area contributed by atoms with Crippen molar-refractivity contribution in [3.8, 4) is 0 Å². The summed E-state index contributed by atoms with van der Waals surface area (Å²) < 4.78 is 11.2. The lowest BCUT2D eigenvalue weighted by molar-refractivity contribution is -0.145. The van der Waals surface area contributed by atoms with E-state index in [9.17, 15) is 19.2 Å². The second-order valence-corrected chi connectivity index (χ2v) is 6.19. The first-order valence-corrected chi connectivity index (χ1v) is 8.57. The molecule has 2 aromatic rings. The Balaban J connectivity index is 1.96. The van der Waals surface area contributed by atoms with Crippen LogP contribution in [-0.4, -0.2) is 48.0 Å². The molecule has 0 unspecified atom stereocenters. The number of hydrogen-bond acceptors (Lipinski definition) is 6. The summed E-state index contributed by atoms with van der Waals surface area (Å²) in [4.78, 5) is 47.6. The Morgan fingerprint density at radius 1 is 1.14 bits per heavy atom. The average molecular weight is 386 g/mol. The normalized spacial score (nSPS) is 11.4. The number of nitrogens with one attached hydrogen (secondary N) is 1. The van der Waals surface area contributed by atoms with Crippen molar-refractivity contribution in [2.24, 2.45) is 7.05 Å². The molecule has 1 aromatic carbocycles. The third-order valence-electron chi connectivity index (χ3n) is 4.06. The Bertz CT molecular complexity index is 872. The Labute approximate surface area is 162 Å². The number of esters is 2. The maximum absolute atomic E-state index is 12.1. The first-order chi connectivity index (χ1) is 13.3. The fourth-order valence-corrected chi connectivity index (χ4v) is 2.59. The van der Waals surface area contributed by atoms with Crippen LogP contribution in [0.25, 0.3) is 0 Å². The summed E-state index contributed by atoms with van der Waals surface area (Å²) in [6, 6.07) is 9.63. The number of methoxy groups -OCH3 is 1. The fourth-order valence-electron chi connectivity index (χ4n) is 2.59. The maximum Gasteiger partial charge on any atom is 0.355 e. The first-order valence-electron chi connectivity index (χ1n) is 8.57. The van der Waals surface area contributed by atoms with Gasteiger partial charge in [0.15, 0.2) is 12.4 Å². The summed E-state index contributed by atoms with van der Waals surface area (Å²) in [5, 5.41) is 2.51. The predicted molar refractivity (Wildman–Crippen MR) is 99.8 cm³/mol. The number of amides is 1. The van der Waals surface area contributed by atoms with Crippen LogP contribution < -0.4 is 5.32 Å². The van der Waals surface area contributed by atoms with Gasteiger partial charge >= 0.3 is 11.9 Å². The summed E-state index contributed by atoms with van der Waals surface area (Å²) in [5.74, 6) is -2.17. The molecule has 1 atom stereocenters. The van der Waals surface area contributed by atoms with Crippen LogP contribution in [0, 0.1) is 0 Å². The molecule has 1 heterocycles. The van der Waals surface area contributed by atoms with Crippen molar-refractivity contribution in [1.29, 1.82) is 0 Å². The highest BCUT2D eigenvalue weighted by molar-refractivity contribution is 5.98. The van der Waals surface area contributed by atoms with Gasteiger partial charge < -0.3 is 19.4 Å². The quantitative estimate of drug-likeness (QED) is 0.542. The van der Waals surface area contributed by atoms with Crippen LogP contribution in [0.2, 0.25) is 0 Å². The van der Waals surface area contributed by atoms with Gasteiger partial charge in [-0.3, -0.25) is 9.59 Å². The van der Waals surface area contributed by atoms with Crippen molar-refractivity contribution in [2.45, 2.75) is 19.4 Å². The first kappa shape index (κ1) is 20.9. The molecule has 8 nitrogen and oxygen atoms in total. The minimum absolute atomic E-state index is 0.145. The molecule has 0 bridgehead atoms. The lowest BCUT2D eigenvalue weighted by Crippen LogP contribution is -2.44. The van der Waals surface area contributed by atoms with Crippen molar-refractivity contribution in [3.05, 3.63) is 59.4 Å². The van der Waals surface area contributed by atoms with E-state index in [1.807, 2.05) is 30.3 Å². The molecule has 2 rings (SSSR count).